The van der Waals surface area contributed by atoms with Crippen LogP contribution in [-0.2, 0) is 0 Å². The first-order valence-electron chi connectivity index (χ1n) is 7.25. The maximum Gasteiger partial charge on any atom is 0.119 e. The molecule has 0 radical (unpaired) electrons. The second-order valence-corrected chi connectivity index (χ2v) is 6.26. The molecule has 0 unspecified atom stereocenters. The third kappa shape index (κ3) is 2.28. The molecule has 5 heteroatoms. The topological polar surface area (TPSA) is 39.9 Å². The fraction of sp³-hybridized carbons (Fsp3) is 0.111. The molecule has 0 aliphatic rings. The lowest BCUT2D eigenvalue weighted by atomic mass is 10.2. The number of aryl methyl sites for hydroxylation is 1. The molecule has 23 heavy (non-hydrogen) atoms. The zero-order valence-corrected chi connectivity index (χ0v) is 14.3. The van der Waals surface area contributed by atoms with Crippen molar-refractivity contribution in [3.8, 4) is 11.4 Å². The lowest BCUT2D eigenvalue weighted by Gasteiger charge is -2.09. The van der Waals surface area contributed by atoms with Crippen molar-refractivity contribution in [2.45, 2.75) is 6.92 Å². The number of methoxy groups -OCH3 is 1. The first kappa shape index (κ1) is 14.2. The van der Waals surface area contributed by atoms with Crippen molar-refractivity contribution in [3.05, 3.63) is 59.0 Å². The molecule has 4 rings (SSSR count). The Morgan fingerprint density at radius 3 is 2.57 bits per heavy atom. The average Bonchev–Trinajstić information content (AvgIpc) is 2.91. The highest BCUT2D eigenvalue weighted by molar-refractivity contribution is 9.10. The minimum atomic E-state index is 0.838. The van der Waals surface area contributed by atoms with Crippen molar-refractivity contribution in [2.24, 2.45) is 0 Å². The minimum absolute atomic E-state index is 0.838. The van der Waals surface area contributed by atoms with E-state index in [1.54, 1.807) is 7.11 Å². The van der Waals surface area contributed by atoms with Crippen LogP contribution in [0.1, 0.15) is 5.82 Å². The van der Waals surface area contributed by atoms with Gasteiger partial charge in [-0.05, 0) is 49.4 Å². The summed E-state index contributed by atoms with van der Waals surface area (Å²) in [5.41, 5.74) is 3.97. The number of halogens is 1. The van der Waals surface area contributed by atoms with Crippen LogP contribution in [0.4, 0.5) is 0 Å². The Balaban J connectivity index is 2.08. The molecule has 0 amide bonds. The van der Waals surface area contributed by atoms with E-state index in [0.29, 0.717) is 0 Å². The number of fused-ring (bicyclic) bond motifs is 3. The van der Waals surface area contributed by atoms with Gasteiger partial charge in [0.1, 0.15) is 17.1 Å². The van der Waals surface area contributed by atoms with Gasteiger partial charge in [0.05, 0.1) is 24.3 Å². The normalized spacial score (nSPS) is 11.3. The van der Waals surface area contributed by atoms with Gasteiger partial charge in [-0.25, -0.2) is 4.98 Å². The summed E-state index contributed by atoms with van der Waals surface area (Å²) < 4.78 is 8.43. The lowest BCUT2D eigenvalue weighted by Crippen LogP contribution is -1.97. The summed E-state index contributed by atoms with van der Waals surface area (Å²) in [6.45, 7) is 2.01. The number of aromatic nitrogens is 3. The van der Waals surface area contributed by atoms with E-state index in [-0.39, 0.29) is 0 Å². The number of hydrogen-bond acceptors (Lipinski definition) is 3. The SMILES string of the molecule is COc1ccc(-n2c(C)nc3cnc4ccc(Br)cc4c32)cc1. The largest absolute Gasteiger partial charge is 0.497 e. The Labute approximate surface area is 141 Å². The summed E-state index contributed by atoms with van der Waals surface area (Å²) in [5.74, 6) is 1.77. The maximum absolute atomic E-state index is 5.25. The van der Waals surface area contributed by atoms with Crippen LogP contribution in [0.2, 0.25) is 0 Å². The number of nitrogens with zero attached hydrogens (tertiary/aromatic N) is 3. The van der Waals surface area contributed by atoms with E-state index in [2.05, 4.69) is 36.5 Å². The van der Waals surface area contributed by atoms with E-state index >= 15 is 0 Å². The molecule has 0 fully saturated rings. The molecule has 0 N–H and O–H groups in total. The third-order valence-corrected chi connectivity index (χ3v) is 4.44. The van der Waals surface area contributed by atoms with Crippen LogP contribution in [0.5, 0.6) is 5.75 Å². The van der Waals surface area contributed by atoms with E-state index in [1.807, 2.05) is 49.5 Å². The average molecular weight is 368 g/mol. The van der Waals surface area contributed by atoms with Gasteiger partial charge in [-0.1, -0.05) is 15.9 Å². The van der Waals surface area contributed by atoms with Crippen molar-refractivity contribution in [1.29, 1.82) is 0 Å². The van der Waals surface area contributed by atoms with Crippen LogP contribution in [0.3, 0.4) is 0 Å². The standard InChI is InChI=1S/C18H14BrN3O/c1-11-21-17-10-20-16-8-3-12(19)9-15(16)18(17)22(11)13-4-6-14(23-2)7-5-13/h3-10H,1-2H3. The molecule has 0 saturated heterocycles. The van der Waals surface area contributed by atoms with Crippen molar-refractivity contribution < 1.29 is 4.74 Å². The molecule has 2 aromatic carbocycles. The number of benzene rings is 2. The fourth-order valence-electron chi connectivity index (χ4n) is 2.89. The van der Waals surface area contributed by atoms with Gasteiger partial charge in [0.15, 0.2) is 0 Å². The zero-order valence-electron chi connectivity index (χ0n) is 12.7. The molecular formula is C18H14BrN3O. The molecule has 2 aromatic heterocycles. The number of pyridine rings is 1. The number of ether oxygens (including phenoxy) is 1. The predicted octanol–water partition coefficient (Wildman–Crippen LogP) is 4.65. The molecule has 2 heterocycles. The Hall–Kier alpha value is -2.40. The van der Waals surface area contributed by atoms with Crippen molar-refractivity contribution in [2.75, 3.05) is 7.11 Å². The monoisotopic (exact) mass is 367 g/mol. The Bertz CT molecular complexity index is 1020. The van der Waals surface area contributed by atoms with Crippen LogP contribution in [0.15, 0.2) is 53.1 Å². The molecule has 0 bridgehead atoms. The van der Waals surface area contributed by atoms with E-state index < -0.39 is 0 Å². The second-order valence-electron chi connectivity index (χ2n) is 5.35. The Morgan fingerprint density at radius 2 is 1.83 bits per heavy atom. The highest BCUT2D eigenvalue weighted by Gasteiger charge is 2.13. The van der Waals surface area contributed by atoms with Gasteiger partial charge in [0.25, 0.3) is 0 Å². The summed E-state index contributed by atoms with van der Waals surface area (Å²) in [6.07, 6.45) is 1.83. The molecule has 0 saturated carbocycles. The van der Waals surface area contributed by atoms with Crippen LogP contribution in [-0.4, -0.2) is 21.6 Å². The predicted molar refractivity (Wildman–Crippen MR) is 95.4 cm³/mol. The molecule has 0 spiro atoms. The third-order valence-electron chi connectivity index (χ3n) is 3.94. The zero-order chi connectivity index (χ0) is 16.0. The first-order valence-corrected chi connectivity index (χ1v) is 8.04. The summed E-state index contributed by atoms with van der Waals surface area (Å²) in [5, 5.41) is 1.08. The van der Waals surface area contributed by atoms with Gasteiger partial charge in [-0.2, -0.15) is 0 Å². The van der Waals surface area contributed by atoms with Gasteiger partial charge in [-0.3, -0.25) is 9.55 Å². The minimum Gasteiger partial charge on any atom is -0.497 e. The number of hydrogen-bond donors (Lipinski definition) is 0. The Morgan fingerprint density at radius 1 is 1.04 bits per heavy atom. The summed E-state index contributed by atoms with van der Waals surface area (Å²) in [7, 11) is 1.67. The van der Waals surface area contributed by atoms with E-state index in [0.717, 1.165) is 43.7 Å². The smallest absolute Gasteiger partial charge is 0.119 e. The molecule has 0 aliphatic heterocycles. The van der Waals surface area contributed by atoms with E-state index in [4.69, 9.17) is 4.74 Å². The van der Waals surface area contributed by atoms with Gasteiger partial charge in [0, 0.05) is 15.5 Å². The molecular weight excluding hydrogens is 354 g/mol. The van der Waals surface area contributed by atoms with Crippen LogP contribution >= 0.6 is 15.9 Å². The molecule has 114 valence electrons. The second kappa shape index (κ2) is 5.35. The van der Waals surface area contributed by atoms with E-state index in [1.165, 1.54) is 0 Å². The Kier molecular flexibility index (Phi) is 3.31. The summed E-state index contributed by atoms with van der Waals surface area (Å²) >= 11 is 3.55. The van der Waals surface area contributed by atoms with Gasteiger partial charge in [0.2, 0.25) is 0 Å². The van der Waals surface area contributed by atoms with Crippen molar-refractivity contribution in [3.63, 3.8) is 0 Å². The van der Waals surface area contributed by atoms with E-state index in [9.17, 15) is 0 Å². The van der Waals surface area contributed by atoms with Crippen LogP contribution < -0.4 is 4.74 Å². The van der Waals surface area contributed by atoms with Crippen molar-refractivity contribution in [1.82, 2.24) is 14.5 Å². The van der Waals surface area contributed by atoms with Gasteiger partial charge < -0.3 is 4.74 Å². The van der Waals surface area contributed by atoms with Crippen LogP contribution in [0.25, 0.3) is 27.6 Å². The molecule has 0 aliphatic carbocycles. The van der Waals surface area contributed by atoms with Crippen LogP contribution in [0, 0.1) is 6.92 Å². The number of imidazole rings is 1. The highest BCUT2D eigenvalue weighted by atomic mass is 79.9. The fourth-order valence-corrected chi connectivity index (χ4v) is 3.25. The lowest BCUT2D eigenvalue weighted by molar-refractivity contribution is 0.415. The maximum atomic E-state index is 5.25. The first-order chi connectivity index (χ1) is 11.2. The quantitative estimate of drug-likeness (QED) is 0.517. The molecule has 4 aromatic rings. The van der Waals surface area contributed by atoms with Crippen molar-refractivity contribution >= 4 is 37.9 Å². The summed E-state index contributed by atoms with van der Waals surface area (Å²) in [4.78, 5) is 9.18. The van der Waals surface area contributed by atoms with Gasteiger partial charge >= 0.3 is 0 Å². The van der Waals surface area contributed by atoms with Gasteiger partial charge in [-0.15, -0.1) is 0 Å². The highest BCUT2D eigenvalue weighted by Crippen LogP contribution is 2.30. The molecule has 4 nitrogen and oxygen atoms in total. The molecule has 0 atom stereocenters. The number of rotatable bonds is 2. The summed E-state index contributed by atoms with van der Waals surface area (Å²) in [6, 6.07) is 14.1.